The molecular formula is C12H15NO3. The van der Waals surface area contributed by atoms with Gasteiger partial charge in [0, 0.05) is 18.8 Å². The van der Waals surface area contributed by atoms with Gasteiger partial charge in [0.15, 0.2) is 0 Å². The third-order valence-electron chi connectivity index (χ3n) is 2.91. The van der Waals surface area contributed by atoms with Gasteiger partial charge in [-0.1, -0.05) is 6.07 Å². The summed E-state index contributed by atoms with van der Waals surface area (Å²) >= 11 is 0. The van der Waals surface area contributed by atoms with Crippen LogP contribution in [0.3, 0.4) is 0 Å². The van der Waals surface area contributed by atoms with Crippen LogP contribution >= 0.6 is 0 Å². The zero-order valence-corrected chi connectivity index (χ0v) is 9.18. The van der Waals surface area contributed by atoms with Crippen molar-refractivity contribution in [2.24, 2.45) is 0 Å². The van der Waals surface area contributed by atoms with E-state index in [-0.39, 0.29) is 5.56 Å². The number of hydrogen-bond acceptors (Lipinski definition) is 3. The van der Waals surface area contributed by atoms with Crippen molar-refractivity contribution in [2.45, 2.75) is 18.9 Å². The first-order valence-electron chi connectivity index (χ1n) is 5.29. The molecule has 2 N–H and O–H groups in total. The largest absolute Gasteiger partial charge is 0.478 e. The molecule has 0 spiro atoms. The molecular weight excluding hydrogens is 206 g/mol. The fourth-order valence-electron chi connectivity index (χ4n) is 2.00. The van der Waals surface area contributed by atoms with Crippen molar-refractivity contribution in [3.63, 3.8) is 0 Å². The molecule has 1 aliphatic heterocycles. The Bertz CT molecular complexity index is 414. The van der Waals surface area contributed by atoms with E-state index in [0.717, 1.165) is 12.2 Å². The van der Waals surface area contributed by atoms with Crippen LogP contribution in [0.25, 0.3) is 0 Å². The lowest BCUT2D eigenvalue weighted by Gasteiger charge is -2.21. The quantitative estimate of drug-likeness (QED) is 0.791. The summed E-state index contributed by atoms with van der Waals surface area (Å²) in [5, 5.41) is 18.7. The number of benzene rings is 1. The van der Waals surface area contributed by atoms with E-state index in [4.69, 9.17) is 5.11 Å². The molecule has 1 fully saturated rings. The Morgan fingerprint density at radius 3 is 2.81 bits per heavy atom. The van der Waals surface area contributed by atoms with Gasteiger partial charge in [-0.15, -0.1) is 0 Å². The van der Waals surface area contributed by atoms with E-state index >= 15 is 0 Å². The Labute approximate surface area is 94.1 Å². The van der Waals surface area contributed by atoms with Crippen molar-refractivity contribution < 1.29 is 15.0 Å². The second-order valence-corrected chi connectivity index (χ2v) is 4.52. The Kier molecular flexibility index (Phi) is 2.59. The highest BCUT2D eigenvalue weighted by Gasteiger charge is 2.31. The lowest BCUT2D eigenvalue weighted by atomic mass is 10.1. The molecule has 0 radical (unpaired) electrons. The second kappa shape index (κ2) is 3.79. The van der Waals surface area contributed by atoms with E-state index in [1.54, 1.807) is 25.1 Å². The lowest BCUT2D eigenvalue weighted by Crippen LogP contribution is -2.29. The highest BCUT2D eigenvalue weighted by Crippen LogP contribution is 2.26. The summed E-state index contributed by atoms with van der Waals surface area (Å²) in [7, 11) is 0. The topological polar surface area (TPSA) is 60.8 Å². The van der Waals surface area contributed by atoms with Gasteiger partial charge in [-0.2, -0.15) is 0 Å². The Morgan fingerprint density at radius 1 is 1.50 bits per heavy atom. The van der Waals surface area contributed by atoms with E-state index < -0.39 is 11.6 Å². The smallest absolute Gasteiger partial charge is 0.335 e. The standard InChI is InChI=1S/C12H15NO3/c1-12(16)5-6-13(8-12)10-4-2-3-9(7-10)11(14)15/h2-4,7,16H,5-6,8H2,1H3,(H,14,15). The number of carbonyl (C=O) groups is 1. The first-order valence-corrected chi connectivity index (χ1v) is 5.29. The Morgan fingerprint density at radius 2 is 2.25 bits per heavy atom. The van der Waals surface area contributed by atoms with Crippen LogP contribution in [0.4, 0.5) is 5.69 Å². The van der Waals surface area contributed by atoms with Crippen molar-refractivity contribution in [3.8, 4) is 0 Å². The maximum atomic E-state index is 10.8. The maximum absolute atomic E-state index is 10.8. The van der Waals surface area contributed by atoms with Gasteiger partial charge in [-0.3, -0.25) is 0 Å². The minimum Gasteiger partial charge on any atom is -0.478 e. The highest BCUT2D eigenvalue weighted by atomic mass is 16.4. The fraction of sp³-hybridized carbons (Fsp3) is 0.417. The molecule has 16 heavy (non-hydrogen) atoms. The van der Waals surface area contributed by atoms with E-state index in [2.05, 4.69) is 0 Å². The number of aromatic carboxylic acids is 1. The molecule has 0 amide bonds. The predicted molar refractivity (Wildman–Crippen MR) is 60.9 cm³/mol. The van der Waals surface area contributed by atoms with E-state index in [1.807, 2.05) is 11.0 Å². The van der Waals surface area contributed by atoms with Crippen molar-refractivity contribution in [1.82, 2.24) is 0 Å². The summed E-state index contributed by atoms with van der Waals surface area (Å²) in [6.07, 6.45) is 0.713. The Hall–Kier alpha value is -1.55. The number of aliphatic hydroxyl groups is 1. The molecule has 1 unspecified atom stereocenters. The number of β-amino-alcohol motifs (C(OH)–C–C–N with tert-alkyl or cyclic N) is 1. The molecule has 1 heterocycles. The van der Waals surface area contributed by atoms with E-state index in [0.29, 0.717) is 13.0 Å². The molecule has 0 bridgehead atoms. The molecule has 2 rings (SSSR count). The number of carboxylic acid groups (broad SMARTS) is 1. The van der Waals surface area contributed by atoms with Crippen molar-refractivity contribution in [1.29, 1.82) is 0 Å². The average Bonchev–Trinajstić information content (AvgIpc) is 2.59. The monoisotopic (exact) mass is 221 g/mol. The summed E-state index contributed by atoms with van der Waals surface area (Å²) < 4.78 is 0. The SMILES string of the molecule is CC1(O)CCN(c2cccc(C(=O)O)c2)C1. The number of rotatable bonds is 2. The van der Waals surface area contributed by atoms with Crippen LogP contribution in [0.15, 0.2) is 24.3 Å². The fourth-order valence-corrected chi connectivity index (χ4v) is 2.00. The van der Waals surface area contributed by atoms with Gasteiger partial charge in [0.1, 0.15) is 0 Å². The van der Waals surface area contributed by atoms with Gasteiger partial charge in [-0.05, 0) is 31.5 Å². The van der Waals surface area contributed by atoms with Crippen LogP contribution < -0.4 is 4.90 Å². The van der Waals surface area contributed by atoms with Crippen molar-refractivity contribution >= 4 is 11.7 Å². The summed E-state index contributed by atoms with van der Waals surface area (Å²) in [5.41, 5.74) is 0.473. The maximum Gasteiger partial charge on any atom is 0.335 e. The zero-order chi connectivity index (χ0) is 11.8. The summed E-state index contributed by atoms with van der Waals surface area (Å²) in [4.78, 5) is 12.8. The van der Waals surface area contributed by atoms with Gasteiger partial charge >= 0.3 is 5.97 Å². The lowest BCUT2D eigenvalue weighted by molar-refractivity contribution is 0.0696. The zero-order valence-electron chi connectivity index (χ0n) is 9.18. The summed E-state index contributed by atoms with van der Waals surface area (Å²) in [6.45, 7) is 3.11. The minimum atomic E-state index is -0.923. The highest BCUT2D eigenvalue weighted by molar-refractivity contribution is 5.88. The molecule has 1 aromatic carbocycles. The molecule has 86 valence electrons. The summed E-state index contributed by atoms with van der Waals surface area (Å²) in [5.74, 6) is -0.923. The first kappa shape index (κ1) is 11.0. The van der Waals surface area contributed by atoms with E-state index in [9.17, 15) is 9.90 Å². The van der Waals surface area contributed by atoms with Crippen molar-refractivity contribution in [3.05, 3.63) is 29.8 Å². The van der Waals surface area contributed by atoms with Crippen LogP contribution in [0.5, 0.6) is 0 Å². The van der Waals surface area contributed by atoms with Crippen LogP contribution in [0.2, 0.25) is 0 Å². The third kappa shape index (κ3) is 2.17. The molecule has 0 aliphatic carbocycles. The normalized spacial score (nSPS) is 24.8. The molecule has 1 saturated heterocycles. The molecule has 1 aromatic rings. The molecule has 4 heteroatoms. The second-order valence-electron chi connectivity index (χ2n) is 4.52. The van der Waals surface area contributed by atoms with Gasteiger partial charge < -0.3 is 15.1 Å². The number of hydrogen-bond donors (Lipinski definition) is 2. The number of carboxylic acids is 1. The first-order chi connectivity index (χ1) is 7.48. The van der Waals surface area contributed by atoms with Crippen LogP contribution in [0.1, 0.15) is 23.7 Å². The number of anilines is 1. The molecule has 1 atom stereocenters. The van der Waals surface area contributed by atoms with Gasteiger partial charge in [0.2, 0.25) is 0 Å². The number of nitrogens with zero attached hydrogens (tertiary/aromatic N) is 1. The minimum absolute atomic E-state index is 0.282. The molecule has 4 nitrogen and oxygen atoms in total. The summed E-state index contributed by atoms with van der Waals surface area (Å²) in [6, 6.07) is 6.81. The Balaban J connectivity index is 2.22. The molecule has 1 aliphatic rings. The van der Waals surface area contributed by atoms with Crippen LogP contribution in [-0.4, -0.2) is 34.9 Å². The van der Waals surface area contributed by atoms with Crippen molar-refractivity contribution in [2.75, 3.05) is 18.0 Å². The van der Waals surface area contributed by atoms with Gasteiger partial charge in [-0.25, -0.2) is 4.79 Å². The van der Waals surface area contributed by atoms with Crippen LogP contribution in [-0.2, 0) is 0 Å². The average molecular weight is 221 g/mol. The predicted octanol–water partition coefficient (Wildman–Crippen LogP) is 1.35. The third-order valence-corrected chi connectivity index (χ3v) is 2.91. The molecule has 0 aromatic heterocycles. The van der Waals surface area contributed by atoms with Gasteiger partial charge in [0.25, 0.3) is 0 Å². The van der Waals surface area contributed by atoms with Gasteiger partial charge in [0.05, 0.1) is 11.2 Å². The van der Waals surface area contributed by atoms with E-state index in [1.165, 1.54) is 0 Å². The van der Waals surface area contributed by atoms with Crippen LogP contribution in [0, 0.1) is 0 Å². The molecule has 0 saturated carbocycles.